The van der Waals surface area contributed by atoms with Crippen molar-refractivity contribution in [2.45, 2.75) is 26.2 Å². The Labute approximate surface area is 116 Å². The Kier molecular flexibility index (Phi) is 15.0. The van der Waals surface area contributed by atoms with Gasteiger partial charge in [0.1, 0.15) is 0 Å². The molecule has 0 bridgehead atoms. The first-order valence-electron chi connectivity index (χ1n) is 4.05. The number of carbonyl (C=O) groups is 2. The van der Waals surface area contributed by atoms with Crippen molar-refractivity contribution in [1.29, 1.82) is 0 Å². The van der Waals surface area contributed by atoms with Gasteiger partial charge >= 0.3 is 35.5 Å². The smallest absolute Gasteiger partial charge is 0.550 e. The molecule has 0 aliphatic heterocycles. The third-order valence-corrected chi connectivity index (χ3v) is 1.93. The van der Waals surface area contributed by atoms with Crippen LogP contribution in [0.2, 0.25) is 0 Å². The van der Waals surface area contributed by atoms with Gasteiger partial charge in [0.25, 0.3) is 10.1 Å². The van der Waals surface area contributed by atoms with Gasteiger partial charge in [0, 0.05) is 5.97 Å². The van der Waals surface area contributed by atoms with E-state index in [1.807, 2.05) is 0 Å². The minimum absolute atomic E-state index is 0. The number of hydrogen-bond donors (Lipinski definition) is 2. The van der Waals surface area contributed by atoms with E-state index < -0.39 is 28.5 Å². The second-order valence-corrected chi connectivity index (χ2v) is 4.12. The third-order valence-electron chi connectivity index (χ3n) is 1.01. The number of rotatable bonds is 5. The largest absolute Gasteiger partial charge is 1.00 e. The minimum atomic E-state index is -3.67. The standard InChI is InChI=1S/C4H6O4.C3H8O3S.Na/c5-3(6)1-2-4(7)8;1-2-3-7(4,5)6;/h1-2H2,(H,5,6)(H,7,8);2-3H2,1H3,(H,4,5,6);/q;;+1/p-1. The summed E-state index contributed by atoms with van der Waals surface area (Å²) in [6, 6.07) is 0. The van der Waals surface area contributed by atoms with E-state index in [4.69, 9.17) is 9.66 Å². The zero-order valence-electron chi connectivity index (χ0n) is 9.17. The summed E-state index contributed by atoms with van der Waals surface area (Å²) in [6.07, 6.45) is -0.295. The Morgan fingerprint density at radius 1 is 1.25 bits per heavy atom. The molecule has 0 aromatic rings. The normalized spacial score (nSPS) is 9.38. The summed E-state index contributed by atoms with van der Waals surface area (Å²) in [7, 11) is -3.67. The first-order chi connectivity index (χ1) is 6.69. The molecular weight excluding hydrogens is 251 g/mol. The number of carboxylic acids is 2. The first-order valence-corrected chi connectivity index (χ1v) is 5.66. The molecule has 0 aromatic carbocycles. The summed E-state index contributed by atoms with van der Waals surface area (Å²) in [4.78, 5) is 19.1. The van der Waals surface area contributed by atoms with E-state index in [1.54, 1.807) is 6.92 Å². The maximum Gasteiger partial charge on any atom is 1.00 e. The summed E-state index contributed by atoms with van der Waals surface area (Å²) in [5.41, 5.74) is 0. The van der Waals surface area contributed by atoms with Gasteiger partial charge in [0.05, 0.1) is 12.2 Å². The van der Waals surface area contributed by atoms with E-state index in [9.17, 15) is 23.1 Å². The maximum atomic E-state index is 9.79. The minimum Gasteiger partial charge on any atom is -0.550 e. The molecule has 9 heteroatoms. The summed E-state index contributed by atoms with van der Waals surface area (Å²) in [5.74, 6) is -2.57. The summed E-state index contributed by atoms with van der Waals surface area (Å²) < 4.78 is 27.6. The maximum absolute atomic E-state index is 9.79. The zero-order chi connectivity index (χ0) is 12.5. The van der Waals surface area contributed by atoms with Crippen molar-refractivity contribution in [1.82, 2.24) is 0 Å². The van der Waals surface area contributed by atoms with Crippen LogP contribution >= 0.6 is 0 Å². The second kappa shape index (κ2) is 11.3. The Balaban J connectivity index is -0.000000200. The molecule has 0 saturated heterocycles. The van der Waals surface area contributed by atoms with Crippen LogP contribution in [0.25, 0.3) is 0 Å². The molecule has 90 valence electrons. The van der Waals surface area contributed by atoms with Crippen LogP contribution in [0.5, 0.6) is 0 Å². The predicted octanol–water partition coefficient (Wildman–Crippen LogP) is -4.11. The number of hydrogen-bond acceptors (Lipinski definition) is 5. The molecule has 0 unspecified atom stereocenters. The molecule has 0 aliphatic rings. The second-order valence-electron chi connectivity index (χ2n) is 2.55. The molecule has 0 amide bonds. The van der Waals surface area contributed by atoms with E-state index in [-0.39, 0.29) is 41.7 Å². The van der Waals surface area contributed by atoms with Crippen LogP contribution in [-0.4, -0.2) is 35.8 Å². The van der Waals surface area contributed by atoms with Gasteiger partial charge in [-0.05, 0) is 12.8 Å². The van der Waals surface area contributed by atoms with E-state index in [1.165, 1.54) is 0 Å². The molecule has 7 nitrogen and oxygen atoms in total. The van der Waals surface area contributed by atoms with Crippen molar-refractivity contribution in [3.8, 4) is 0 Å². The number of carboxylic acid groups (broad SMARTS) is 2. The fourth-order valence-corrected chi connectivity index (χ4v) is 0.983. The van der Waals surface area contributed by atoms with Crippen molar-refractivity contribution in [3.05, 3.63) is 0 Å². The molecule has 0 fully saturated rings. The number of aliphatic carboxylic acids is 2. The van der Waals surface area contributed by atoms with Crippen LogP contribution in [0.15, 0.2) is 0 Å². The Bertz CT molecular complexity index is 284. The average molecular weight is 264 g/mol. The van der Waals surface area contributed by atoms with Crippen LogP contribution in [0.1, 0.15) is 26.2 Å². The van der Waals surface area contributed by atoms with Gasteiger partial charge in [0.2, 0.25) is 0 Å². The summed E-state index contributed by atoms with van der Waals surface area (Å²) in [5, 5.41) is 17.4. The molecule has 0 aromatic heterocycles. The van der Waals surface area contributed by atoms with Gasteiger partial charge in [-0.1, -0.05) is 6.92 Å². The van der Waals surface area contributed by atoms with Crippen molar-refractivity contribution < 1.29 is 62.3 Å². The van der Waals surface area contributed by atoms with Crippen LogP contribution in [0.3, 0.4) is 0 Å². The molecule has 0 atom stereocenters. The fourth-order valence-electron chi connectivity index (χ4n) is 0.467. The zero-order valence-corrected chi connectivity index (χ0v) is 12.0. The fraction of sp³-hybridized carbons (Fsp3) is 0.714. The Morgan fingerprint density at radius 3 is 1.75 bits per heavy atom. The average Bonchev–Trinajstić information content (AvgIpc) is 1.99. The van der Waals surface area contributed by atoms with Gasteiger partial charge < -0.3 is 15.0 Å². The molecule has 0 radical (unpaired) electrons. The van der Waals surface area contributed by atoms with Gasteiger partial charge in [0.15, 0.2) is 0 Å². The molecule has 0 aliphatic carbocycles. The quantitative estimate of drug-likeness (QED) is 0.381. The topological polar surface area (TPSA) is 132 Å². The molecule has 0 rings (SSSR count). The van der Waals surface area contributed by atoms with Crippen LogP contribution < -0.4 is 34.7 Å². The van der Waals surface area contributed by atoms with Gasteiger partial charge in [-0.2, -0.15) is 8.42 Å². The van der Waals surface area contributed by atoms with E-state index in [0.717, 1.165) is 0 Å². The molecule has 0 spiro atoms. The predicted molar refractivity (Wildman–Crippen MR) is 48.6 cm³/mol. The molecule has 2 N–H and O–H groups in total. The Morgan fingerprint density at radius 2 is 1.69 bits per heavy atom. The van der Waals surface area contributed by atoms with E-state index >= 15 is 0 Å². The SMILES string of the molecule is CCCS(=O)(=O)O.O=C([O-])CCC(=O)O.[Na+]. The summed E-state index contributed by atoms with van der Waals surface area (Å²) >= 11 is 0. The molecule has 16 heavy (non-hydrogen) atoms. The van der Waals surface area contributed by atoms with Crippen molar-refractivity contribution >= 4 is 22.1 Å². The van der Waals surface area contributed by atoms with Gasteiger partial charge in [-0.15, -0.1) is 0 Å². The van der Waals surface area contributed by atoms with Crippen LogP contribution in [0.4, 0.5) is 0 Å². The monoisotopic (exact) mass is 264 g/mol. The van der Waals surface area contributed by atoms with Crippen LogP contribution in [0, 0.1) is 0 Å². The van der Waals surface area contributed by atoms with Crippen LogP contribution in [-0.2, 0) is 19.7 Å². The third kappa shape index (κ3) is 29.2. The van der Waals surface area contributed by atoms with E-state index in [0.29, 0.717) is 6.42 Å². The van der Waals surface area contributed by atoms with Crippen molar-refractivity contribution in [2.24, 2.45) is 0 Å². The van der Waals surface area contributed by atoms with E-state index in [2.05, 4.69) is 0 Å². The molecule has 0 heterocycles. The van der Waals surface area contributed by atoms with Crippen molar-refractivity contribution in [2.75, 3.05) is 5.75 Å². The molecule has 0 saturated carbocycles. The van der Waals surface area contributed by atoms with Crippen molar-refractivity contribution in [3.63, 3.8) is 0 Å². The van der Waals surface area contributed by atoms with Gasteiger partial charge in [-0.3, -0.25) is 9.35 Å². The first kappa shape index (κ1) is 21.2. The Hall–Kier alpha value is -0.150. The number of carbonyl (C=O) groups excluding carboxylic acids is 1. The summed E-state index contributed by atoms with van der Waals surface area (Å²) in [6.45, 7) is 1.69. The molecular formula is C7H13NaO7S. The van der Waals surface area contributed by atoms with Gasteiger partial charge in [-0.25, -0.2) is 0 Å².